The number of aryl methyl sites for hydroxylation is 1. The van der Waals surface area contributed by atoms with Crippen LogP contribution in [0.25, 0.3) is 6.08 Å². The Morgan fingerprint density at radius 1 is 1.77 bits per heavy atom. The fraction of sp³-hybridized carbons (Fsp3) is 0.250. The minimum absolute atomic E-state index is 0.174. The Kier molecular flexibility index (Phi) is 3.62. The Morgan fingerprint density at radius 3 is 2.85 bits per heavy atom. The number of hydrogen-bond acceptors (Lipinski definition) is 3. The molecular weight excluding hydrogens is 254 g/mol. The fourth-order valence-corrected chi connectivity index (χ4v) is 2.23. The summed E-state index contributed by atoms with van der Waals surface area (Å²) in [5.41, 5.74) is 0.174. The topological polar surface area (TPSA) is 50.2 Å². The molecule has 0 saturated heterocycles. The van der Waals surface area contributed by atoms with Gasteiger partial charge in [0.05, 0.1) is 0 Å². The van der Waals surface area contributed by atoms with Crippen molar-refractivity contribution < 1.29 is 9.90 Å². The smallest absolute Gasteiger partial charge is 0.355 e. The molecule has 5 heteroatoms. The molecule has 3 nitrogen and oxygen atoms in total. The summed E-state index contributed by atoms with van der Waals surface area (Å²) in [6, 6.07) is 0. The van der Waals surface area contributed by atoms with Crippen LogP contribution in [0.15, 0.2) is 4.99 Å². The van der Waals surface area contributed by atoms with Crippen LogP contribution in [0.4, 0.5) is 0 Å². The molecule has 0 bridgehead atoms. The van der Waals surface area contributed by atoms with Gasteiger partial charge in [0.15, 0.2) is 5.69 Å². The molecule has 0 aliphatic heterocycles. The highest BCUT2D eigenvalue weighted by molar-refractivity contribution is 9.11. The van der Waals surface area contributed by atoms with Crippen LogP contribution in [0.1, 0.15) is 27.3 Å². The summed E-state index contributed by atoms with van der Waals surface area (Å²) in [6.07, 6.45) is 2.44. The van der Waals surface area contributed by atoms with E-state index in [0.717, 1.165) is 4.88 Å². The summed E-state index contributed by atoms with van der Waals surface area (Å²) in [6.45, 7) is 1.92. The van der Waals surface area contributed by atoms with Crippen LogP contribution in [-0.4, -0.2) is 16.1 Å². The Hall–Kier alpha value is -0.680. The highest BCUT2D eigenvalue weighted by Gasteiger charge is 2.14. The van der Waals surface area contributed by atoms with E-state index in [1.807, 2.05) is 6.92 Å². The molecule has 0 fully saturated rings. The van der Waals surface area contributed by atoms with E-state index in [9.17, 15) is 4.79 Å². The predicted molar refractivity (Wildman–Crippen MR) is 56.4 cm³/mol. The van der Waals surface area contributed by atoms with Crippen molar-refractivity contribution in [2.24, 2.45) is 0 Å². The number of carbonyl (C=O) groups is 1. The molecule has 0 aliphatic carbocycles. The molecule has 1 heterocycles. The average Bonchev–Trinajstić information content (AvgIpc) is 2.48. The standard InChI is InChI=1S/C8H8BrNO2S/c1-2-5-7(8(11)12)10-6(13-5)3-4-9/h3-4H,2H2,1H3,(H,11,12)/b4-3+. The molecule has 1 aromatic rings. The first-order valence-electron chi connectivity index (χ1n) is 3.68. The highest BCUT2D eigenvalue weighted by atomic mass is 79.9. The molecule has 0 atom stereocenters. The molecule has 13 heavy (non-hydrogen) atoms. The zero-order chi connectivity index (χ0) is 9.84. The second kappa shape index (κ2) is 4.53. The van der Waals surface area contributed by atoms with Gasteiger partial charge in [-0.3, -0.25) is 0 Å². The summed E-state index contributed by atoms with van der Waals surface area (Å²) in [5, 5.41) is 9.50. The molecule has 0 radical (unpaired) electrons. The zero-order valence-corrected chi connectivity index (χ0v) is 9.35. The molecule has 70 valence electrons. The number of halogens is 1. The lowest BCUT2D eigenvalue weighted by Crippen LogP contribution is -1.99. The zero-order valence-electron chi connectivity index (χ0n) is 6.95. The minimum Gasteiger partial charge on any atom is -0.476 e. The second-order valence-corrected chi connectivity index (χ2v) is 3.92. The largest absolute Gasteiger partial charge is 0.476 e. The molecule has 0 saturated carbocycles. The summed E-state index contributed by atoms with van der Waals surface area (Å²) >= 11 is 4.52. The Balaban J connectivity index is 3.11. The average molecular weight is 262 g/mol. The van der Waals surface area contributed by atoms with Crippen molar-refractivity contribution in [2.75, 3.05) is 0 Å². The van der Waals surface area contributed by atoms with Gasteiger partial charge in [0.25, 0.3) is 0 Å². The van der Waals surface area contributed by atoms with Crippen LogP contribution >= 0.6 is 27.3 Å². The number of hydrogen-bond donors (Lipinski definition) is 1. The van der Waals surface area contributed by atoms with E-state index in [4.69, 9.17) is 5.11 Å². The first-order chi connectivity index (χ1) is 6.19. The fourth-order valence-electron chi connectivity index (χ4n) is 0.902. The lowest BCUT2D eigenvalue weighted by atomic mass is 10.3. The normalized spacial score (nSPS) is 10.9. The number of nitrogens with zero attached hydrogens (tertiary/aromatic N) is 1. The van der Waals surface area contributed by atoms with Gasteiger partial charge >= 0.3 is 5.97 Å². The molecular formula is C8H8BrNO2S. The van der Waals surface area contributed by atoms with Crippen molar-refractivity contribution in [3.8, 4) is 0 Å². The SMILES string of the molecule is CCc1sc(/C=C/Br)nc1C(=O)O. The first-order valence-corrected chi connectivity index (χ1v) is 5.42. The van der Waals surface area contributed by atoms with Crippen molar-refractivity contribution in [1.29, 1.82) is 0 Å². The van der Waals surface area contributed by atoms with Gasteiger partial charge in [-0.2, -0.15) is 0 Å². The van der Waals surface area contributed by atoms with E-state index in [1.165, 1.54) is 11.3 Å². The lowest BCUT2D eigenvalue weighted by Gasteiger charge is -1.89. The summed E-state index contributed by atoms with van der Waals surface area (Å²) < 4.78 is 0. The quantitative estimate of drug-likeness (QED) is 0.911. The van der Waals surface area contributed by atoms with Crippen molar-refractivity contribution in [2.45, 2.75) is 13.3 Å². The number of rotatable bonds is 3. The Labute approximate surface area is 88.2 Å². The second-order valence-electron chi connectivity index (χ2n) is 2.28. The van der Waals surface area contributed by atoms with Gasteiger partial charge in [-0.05, 0) is 17.5 Å². The third-order valence-electron chi connectivity index (χ3n) is 1.44. The summed E-state index contributed by atoms with van der Waals surface area (Å²) in [7, 11) is 0. The summed E-state index contributed by atoms with van der Waals surface area (Å²) in [4.78, 5) is 17.2. The third-order valence-corrected chi connectivity index (χ3v) is 2.87. The van der Waals surface area contributed by atoms with Gasteiger partial charge in [0.2, 0.25) is 0 Å². The number of carboxylic acid groups (broad SMARTS) is 1. The molecule has 1 N–H and O–H groups in total. The number of aromatic nitrogens is 1. The first kappa shape index (κ1) is 10.4. The van der Waals surface area contributed by atoms with Gasteiger partial charge < -0.3 is 5.11 Å². The number of carboxylic acids is 1. The van der Waals surface area contributed by atoms with E-state index in [-0.39, 0.29) is 5.69 Å². The van der Waals surface area contributed by atoms with Gasteiger partial charge in [-0.1, -0.05) is 22.9 Å². The molecule has 0 aliphatic rings. The van der Waals surface area contributed by atoms with E-state index in [2.05, 4.69) is 20.9 Å². The molecule has 1 rings (SSSR count). The van der Waals surface area contributed by atoms with Gasteiger partial charge in [0, 0.05) is 4.88 Å². The predicted octanol–water partition coefficient (Wildman–Crippen LogP) is 2.77. The third kappa shape index (κ3) is 2.38. The van der Waals surface area contributed by atoms with E-state index < -0.39 is 5.97 Å². The van der Waals surface area contributed by atoms with Gasteiger partial charge in [0.1, 0.15) is 5.01 Å². The van der Waals surface area contributed by atoms with Gasteiger partial charge in [-0.25, -0.2) is 9.78 Å². The number of aromatic carboxylic acids is 1. The van der Waals surface area contributed by atoms with Crippen molar-refractivity contribution in [1.82, 2.24) is 4.98 Å². The van der Waals surface area contributed by atoms with Crippen LogP contribution in [-0.2, 0) is 6.42 Å². The Morgan fingerprint density at radius 2 is 2.46 bits per heavy atom. The van der Waals surface area contributed by atoms with Crippen molar-refractivity contribution >= 4 is 39.3 Å². The van der Waals surface area contributed by atoms with Crippen LogP contribution in [0, 0.1) is 0 Å². The monoisotopic (exact) mass is 261 g/mol. The Bertz CT molecular complexity index is 346. The number of thiazole rings is 1. The maximum absolute atomic E-state index is 10.7. The van der Waals surface area contributed by atoms with E-state index in [1.54, 1.807) is 11.1 Å². The van der Waals surface area contributed by atoms with Crippen LogP contribution in [0.2, 0.25) is 0 Å². The highest BCUT2D eigenvalue weighted by Crippen LogP contribution is 2.20. The van der Waals surface area contributed by atoms with Crippen molar-refractivity contribution in [3.05, 3.63) is 20.6 Å². The maximum atomic E-state index is 10.7. The summed E-state index contributed by atoms with van der Waals surface area (Å²) in [5.74, 6) is -0.956. The van der Waals surface area contributed by atoms with E-state index in [0.29, 0.717) is 11.4 Å². The van der Waals surface area contributed by atoms with Crippen LogP contribution < -0.4 is 0 Å². The van der Waals surface area contributed by atoms with Gasteiger partial charge in [-0.15, -0.1) is 11.3 Å². The molecule has 1 aromatic heterocycles. The molecule has 0 amide bonds. The molecule has 0 unspecified atom stereocenters. The molecule has 0 aromatic carbocycles. The van der Waals surface area contributed by atoms with Crippen LogP contribution in [0.5, 0.6) is 0 Å². The molecule has 0 spiro atoms. The maximum Gasteiger partial charge on any atom is 0.355 e. The lowest BCUT2D eigenvalue weighted by molar-refractivity contribution is 0.0690. The van der Waals surface area contributed by atoms with Crippen LogP contribution in [0.3, 0.4) is 0 Å². The van der Waals surface area contributed by atoms with E-state index >= 15 is 0 Å². The van der Waals surface area contributed by atoms with Crippen molar-refractivity contribution in [3.63, 3.8) is 0 Å². The minimum atomic E-state index is -0.956.